The Morgan fingerprint density at radius 3 is 2.89 bits per heavy atom. The van der Waals surface area contributed by atoms with E-state index in [9.17, 15) is 0 Å². The SMILES string of the molecule is N#Cc1ncccc1N1CCC2CCCCC2C1. The average molecular weight is 241 g/mol. The lowest BCUT2D eigenvalue weighted by Gasteiger charge is -2.42. The smallest absolute Gasteiger partial charge is 0.163 e. The molecule has 18 heavy (non-hydrogen) atoms. The fourth-order valence-electron chi connectivity index (χ4n) is 3.56. The molecule has 1 saturated carbocycles. The first-order chi connectivity index (χ1) is 8.88. The fraction of sp³-hybridized carbons (Fsp3) is 0.600. The standard InChI is InChI=1S/C15H19N3/c16-10-14-15(6-3-8-17-14)18-9-7-12-4-1-2-5-13(12)11-18/h3,6,8,12-13H,1-2,4-5,7,9,11H2. The lowest BCUT2D eigenvalue weighted by atomic mass is 9.75. The van der Waals surface area contributed by atoms with Crippen LogP contribution in [0.25, 0.3) is 0 Å². The quantitative estimate of drug-likeness (QED) is 0.759. The van der Waals surface area contributed by atoms with Crippen molar-refractivity contribution in [2.75, 3.05) is 18.0 Å². The molecule has 0 N–H and O–H groups in total. The van der Waals surface area contributed by atoms with Gasteiger partial charge in [0.1, 0.15) is 6.07 Å². The number of pyridine rings is 1. The monoisotopic (exact) mass is 241 g/mol. The van der Waals surface area contributed by atoms with Crippen LogP contribution in [0, 0.1) is 23.2 Å². The highest BCUT2D eigenvalue weighted by Crippen LogP contribution is 2.37. The molecular weight excluding hydrogens is 222 g/mol. The topological polar surface area (TPSA) is 39.9 Å². The highest BCUT2D eigenvalue weighted by atomic mass is 15.1. The van der Waals surface area contributed by atoms with Gasteiger partial charge in [-0.2, -0.15) is 5.26 Å². The Kier molecular flexibility index (Phi) is 3.19. The summed E-state index contributed by atoms with van der Waals surface area (Å²) in [6.07, 6.45) is 8.56. The molecular formula is C15H19N3. The molecule has 0 bridgehead atoms. The van der Waals surface area contributed by atoms with Gasteiger partial charge in [-0.05, 0) is 36.8 Å². The van der Waals surface area contributed by atoms with Gasteiger partial charge in [-0.1, -0.05) is 19.3 Å². The second-order valence-corrected chi connectivity index (χ2v) is 5.52. The zero-order valence-electron chi connectivity index (χ0n) is 10.7. The molecule has 2 heterocycles. The highest BCUT2D eigenvalue weighted by Gasteiger charge is 2.31. The van der Waals surface area contributed by atoms with Crippen molar-refractivity contribution < 1.29 is 0 Å². The van der Waals surface area contributed by atoms with Crippen LogP contribution in [0.4, 0.5) is 5.69 Å². The van der Waals surface area contributed by atoms with Crippen molar-refractivity contribution >= 4 is 5.69 Å². The average Bonchev–Trinajstić information content (AvgIpc) is 2.46. The molecule has 2 unspecified atom stereocenters. The first-order valence-corrected chi connectivity index (χ1v) is 6.98. The largest absolute Gasteiger partial charge is 0.369 e. The van der Waals surface area contributed by atoms with E-state index >= 15 is 0 Å². The van der Waals surface area contributed by atoms with Gasteiger partial charge in [0, 0.05) is 19.3 Å². The maximum Gasteiger partial charge on any atom is 0.163 e. The van der Waals surface area contributed by atoms with Crippen molar-refractivity contribution in [3.05, 3.63) is 24.0 Å². The van der Waals surface area contributed by atoms with Gasteiger partial charge in [-0.15, -0.1) is 0 Å². The maximum absolute atomic E-state index is 9.14. The summed E-state index contributed by atoms with van der Waals surface area (Å²) < 4.78 is 0. The van der Waals surface area contributed by atoms with Gasteiger partial charge in [0.25, 0.3) is 0 Å². The predicted molar refractivity (Wildman–Crippen MR) is 71.2 cm³/mol. The molecule has 0 spiro atoms. The Bertz CT molecular complexity index is 463. The lowest BCUT2D eigenvalue weighted by Crippen LogP contribution is -2.42. The van der Waals surface area contributed by atoms with Crippen LogP contribution >= 0.6 is 0 Å². The lowest BCUT2D eigenvalue weighted by molar-refractivity contribution is 0.202. The minimum absolute atomic E-state index is 0.576. The number of piperidine rings is 1. The van der Waals surface area contributed by atoms with Crippen molar-refractivity contribution in [2.24, 2.45) is 11.8 Å². The van der Waals surface area contributed by atoms with Gasteiger partial charge in [0.15, 0.2) is 5.69 Å². The second-order valence-electron chi connectivity index (χ2n) is 5.52. The van der Waals surface area contributed by atoms with Crippen molar-refractivity contribution in [2.45, 2.75) is 32.1 Å². The van der Waals surface area contributed by atoms with E-state index in [0.29, 0.717) is 5.69 Å². The predicted octanol–water partition coefficient (Wildman–Crippen LogP) is 2.97. The second kappa shape index (κ2) is 4.97. The molecule has 1 aliphatic carbocycles. The summed E-state index contributed by atoms with van der Waals surface area (Å²) in [6, 6.07) is 6.18. The van der Waals surface area contributed by atoms with Crippen molar-refractivity contribution in [1.29, 1.82) is 5.26 Å². The molecule has 94 valence electrons. The molecule has 3 heteroatoms. The molecule has 3 rings (SSSR count). The first kappa shape index (κ1) is 11.5. The summed E-state index contributed by atoms with van der Waals surface area (Å²) in [4.78, 5) is 6.55. The van der Waals surface area contributed by atoms with E-state index in [2.05, 4.69) is 16.0 Å². The number of hydrogen-bond acceptors (Lipinski definition) is 3. The van der Waals surface area contributed by atoms with Gasteiger partial charge in [-0.3, -0.25) is 0 Å². The van der Waals surface area contributed by atoms with E-state index in [1.165, 1.54) is 32.1 Å². The maximum atomic E-state index is 9.14. The van der Waals surface area contributed by atoms with Crippen LogP contribution in [-0.4, -0.2) is 18.1 Å². The number of rotatable bonds is 1. The van der Waals surface area contributed by atoms with E-state index < -0.39 is 0 Å². The third-order valence-electron chi connectivity index (χ3n) is 4.52. The summed E-state index contributed by atoms with van der Waals surface area (Å²) in [5.41, 5.74) is 1.61. The van der Waals surface area contributed by atoms with Crippen LogP contribution in [0.1, 0.15) is 37.8 Å². The molecule has 1 saturated heterocycles. The number of nitriles is 1. The molecule has 2 atom stereocenters. The molecule has 1 aliphatic heterocycles. The number of hydrogen-bond donors (Lipinski definition) is 0. The Labute approximate surface area is 108 Å². The third kappa shape index (κ3) is 2.08. The summed E-state index contributed by atoms with van der Waals surface area (Å²) in [6.45, 7) is 2.20. The minimum Gasteiger partial charge on any atom is -0.369 e. The fourth-order valence-corrected chi connectivity index (χ4v) is 3.56. The van der Waals surface area contributed by atoms with Crippen LogP contribution in [0.2, 0.25) is 0 Å². The summed E-state index contributed by atoms with van der Waals surface area (Å²) in [5, 5.41) is 9.14. The van der Waals surface area contributed by atoms with Crippen molar-refractivity contribution in [1.82, 2.24) is 4.98 Å². The molecule has 1 aromatic heterocycles. The van der Waals surface area contributed by atoms with Crippen LogP contribution in [-0.2, 0) is 0 Å². The van der Waals surface area contributed by atoms with Gasteiger partial charge >= 0.3 is 0 Å². The molecule has 0 amide bonds. The Balaban J connectivity index is 1.79. The van der Waals surface area contributed by atoms with E-state index in [-0.39, 0.29) is 0 Å². The van der Waals surface area contributed by atoms with Crippen LogP contribution < -0.4 is 4.90 Å². The summed E-state index contributed by atoms with van der Waals surface area (Å²) in [7, 11) is 0. The van der Waals surface area contributed by atoms with Gasteiger partial charge in [0.05, 0.1) is 5.69 Å². The van der Waals surface area contributed by atoms with E-state index in [4.69, 9.17) is 5.26 Å². The van der Waals surface area contributed by atoms with E-state index in [1.54, 1.807) is 6.20 Å². The van der Waals surface area contributed by atoms with Crippen LogP contribution in [0.15, 0.2) is 18.3 Å². The summed E-state index contributed by atoms with van der Waals surface area (Å²) >= 11 is 0. The van der Waals surface area contributed by atoms with E-state index in [1.807, 2.05) is 12.1 Å². The Morgan fingerprint density at radius 2 is 2.06 bits per heavy atom. The van der Waals surface area contributed by atoms with Crippen molar-refractivity contribution in [3.8, 4) is 6.07 Å². The highest BCUT2D eigenvalue weighted by molar-refractivity contribution is 5.56. The molecule has 2 aliphatic rings. The van der Waals surface area contributed by atoms with Gasteiger partial charge < -0.3 is 4.90 Å². The number of aromatic nitrogens is 1. The van der Waals surface area contributed by atoms with Crippen LogP contribution in [0.3, 0.4) is 0 Å². The first-order valence-electron chi connectivity index (χ1n) is 6.98. The zero-order chi connectivity index (χ0) is 12.4. The number of anilines is 1. The van der Waals surface area contributed by atoms with Crippen LogP contribution in [0.5, 0.6) is 0 Å². The number of fused-ring (bicyclic) bond motifs is 1. The van der Waals surface area contributed by atoms with Crippen molar-refractivity contribution in [3.63, 3.8) is 0 Å². The number of nitrogens with zero attached hydrogens (tertiary/aromatic N) is 3. The van der Waals surface area contributed by atoms with Gasteiger partial charge in [-0.25, -0.2) is 4.98 Å². The van der Waals surface area contributed by atoms with Gasteiger partial charge in [0.2, 0.25) is 0 Å². The zero-order valence-corrected chi connectivity index (χ0v) is 10.7. The Hall–Kier alpha value is -1.56. The summed E-state index contributed by atoms with van der Waals surface area (Å²) in [5.74, 6) is 1.76. The molecule has 0 radical (unpaired) electrons. The molecule has 3 nitrogen and oxygen atoms in total. The third-order valence-corrected chi connectivity index (χ3v) is 4.52. The Morgan fingerprint density at radius 1 is 1.22 bits per heavy atom. The molecule has 1 aromatic rings. The molecule has 0 aromatic carbocycles. The van der Waals surface area contributed by atoms with E-state index in [0.717, 1.165) is 30.6 Å². The minimum atomic E-state index is 0.576. The molecule has 2 fully saturated rings. The normalized spacial score (nSPS) is 27.4.